The van der Waals surface area contributed by atoms with Crippen molar-refractivity contribution in [2.75, 3.05) is 23.8 Å². The number of nitrogens with one attached hydrogen (secondary N) is 2. The van der Waals surface area contributed by atoms with Crippen molar-refractivity contribution in [1.29, 1.82) is 0 Å². The van der Waals surface area contributed by atoms with Gasteiger partial charge in [0.15, 0.2) is 0 Å². The largest absolute Gasteiger partial charge is 0.494 e. The van der Waals surface area contributed by atoms with E-state index in [0.717, 1.165) is 6.42 Å². The summed E-state index contributed by atoms with van der Waals surface area (Å²) in [5.41, 5.74) is 1.17. The number of aliphatic hydroxyl groups is 1. The van der Waals surface area contributed by atoms with Crippen LogP contribution in [0.3, 0.4) is 0 Å². The van der Waals surface area contributed by atoms with Gasteiger partial charge in [0.25, 0.3) is 0 Å². The molecule has 0 aromatic heterocycles. The van der Waals surface area contributed by atoms with Crippen molar-refractivity contribution in [3.8, 4) is 5.75 Å². The normalized spacial score (nSPS) is 29.7. The molecular formula is C30H35BrClN3O5S. The van der Waals surface area contributed by atoms with Gasteiger partial charge < -0.3 is 25.4 Å². The number of likely N-dealkylation sites (tertiary alicyclic amines) is 1. The first kappa shape index (κ1) is 30.2. The summed E-state index contributed by atoms with van der Waals surface area (Å²) in [5.74, 6) is -1.52. The summed E-state index contributed by atoms with van der Waals surface area (Å²) < 4.78 is 4.68. The molecule has 3 aliphatic heterocycles. The first-order valence-corrected chi connectivity index (χ1v) is 16.2. The maximum atomic E-state index is 14.4. The predicted molar refractivity (Wildman–Crippen MR) is 166 cm³/mol. The SMILES string of the molecule is CCOc1ccc(NC(=O)[C@H]2[C@@H]3SC4(CC3Br)C(C(=O)Nc3ccc(Cl)cc3)N([C@@H](CO)[C@@H](C)CC)C(=O)[C@H]24)cc1. The molecule has 0 aliphatic carbocycles. The minimum atomic E-state index is -0.861. The third-order valence-electron chi connectivity index (χ3n) is 8.67. The van der Waals surface area contributed by atoms with Crippen LogP contribution in [0.5, 0.6) is 5.75 Å². The highest BCUT2D eigenvalue weighted by atomic mass is 79.9. The molecule has 2 aromatic rings. The molecule has 220 valence electrons. The second-order valence-corrected chi connectivity index (χ2v) is 14.1. The Bertz CT molecular complexity index is 1300. The molecule has 8 nitrogen and oxygen atoms in total. The fraction of sp³-hybridized carbons (Fsp3) is 0.500. The molecule has 3 unspecified atom stereocenters. The summed E-state index contributed by atoms with van der Waals surface area (Å²) >= 11 is 11.4. The summed E-state index contributed by atoms with van der Waals surface area (Å²) in [6, 6.07) is 12.5. The van der Waals surface area contributed by atoms with Crippen LogP contribution < -0.4 is 15.4 Å². The van der Waals surface area contributed by atoms with E-state index in [0.29, 0.717) is 35.2 Å². The van der Waals surface area contributed by atoms with Gasteiger partial charge in [0.05, 0.1) is 35.8 Å². The van der Waals surface area contributed by atoms with Crippen molar-refractivity contribution >= 4 is 68.4 Å². The van der Waals surface area contributed by atoms with Crippen molar-refractivity contribution in [3.63, 3.8) is 0 Å². The molecule has 8 atom stereocenters. The first-order chi connectivity index (χ1) is 19.6. The van der Waals surface area contributed by atoms with Gasteiger partial charge in [0.1, 0.15) is 11.8 Å². The number of halogens is 2. The van der Waals surface area contributed by atoms with Crippen LogP contribution in [-0.2, 0) is 14.4 Å². The molecule has 41 heavy (non-hydrogen) atoms. The Morgan fingerprint density at radius 2 is 1.73 bits per heavy atom. The molecule has 3 heterocycles. The highest BCUT2D eigenvalue weighted by molar-refractivity contribution is 9.09. The summed E-state index contributed by atoms with van der Waals surface area (Å²) in [6.07, 6.45) is 1.27. The summed E-state index contributed by atoms with van der Waals surface area (Å²) in [4.78, 5) is 43.9. The van der Waals surface area contributed by atoms with Gasteiger partial charge in [-0.25, -0.2) is 0 Å². The summed E-state index contributed by atoms with van der Waals surface area (Å²) in [7, 11) is 0. The molecular weight excluding hydrogens is 630 g/mol. The Kier molecular flexibility index (Phi) is 8.95. The quantitative estimate of drug-likeness (QED) is 0.302. The van der Waals surface area contributed by atoms with E-state index >= 15 is 0 Å². The van der Waals surface area contributed by atoms with Crippen LogP contribution in [0.4, 0.5) is 11.4 Å². The van der Waals surface area contributed by atoms with E-state index in [1.165, 1.54) is 0 Å². The monoisotopic (exact) mass is 663 g/mol. The number of carbonyl (C=O) groups excluding carboxylic acids is 3. The zero-order valence-electron chi connectivity index (χ0n) is 23.2. The Hall–Kier alpha value is -2.27. The molecule has 3 fully saturated rings. The maximum Gasteiger partial charge on any atom is 0.248 e. The number of alkyl halides is 1. The Labute approximate surface area is 258 Å². The van der Waals surface area contributed by atoms with Gasteiger partial charge >= 0.3 is 0 Å². The molecule has 3 N–H and O–H groups in total. The number of carbonyl (C=O) groups is 3. The molecule has 3 saturated heterocycles. The predicted octanol–water partition coefficient (Wildman–Crippen LogP) is 5.19. The number of hydrogen-bond donors (Lipinski definition) is 3. The van der Waals surface area contributed by atoms with E-state index in [9.17, 15) is 19.5 Å². The number of amides is 3. The molecule has 11 heteroatoms. The van der Waals surface area contributed by atoms with Gasteiger partial charge in [0.2, 0.25) is 17.7 Å². The number of rotatable bonds is 10. The standard InChI is InChI=1S/C30H35BrClN3O5S/c1-4-16(3)22(15-36)35-26(28(38)34-18-8-6-17(32)7-9-18)30-14-21(31)25(41-30)23(24(30)29(35)39)27(37)33-19-10-12-20(13-11-19)40-5-2/h6-13,16,21-26,36H,4-5,14-15H2,1-3H3,(H,33,37)(H,34,38)/t16-,21?,22-,23+,24-,25+,26?,30?/m0/s1. The number of fused-ring (bicyclic) bond motifs is 1. The number of benzene rings is 2. The second-order valence-electron chi connectivity index (χ2n) is 11.0. The van der Waals surface area contributed by atoms with Gasteiger partial charge in [-0.15, -0.1) is 11.8 Å². The number of anilines is 2. The minimum Gasteiger partial charge on any atom is -0.494 e. The Balaban J connectivity index is 1.50. The number of aliphatic hydroxyl groups excluding tert-OH is 1. The zero-order valence-corrected chi connectivity index (χ0v) is 26.3. The van der Waals surface area contributed by atoms with E-state index < -0.39 is 28.7 Å². The van der Waals surface area contributed by atoms with Crippen molar-refractivity contribution < 1.29 is 24.2 Å². The van der Waals surface area contributed by atoms with Crippen LogP contribution in [0.2, 0.25) is 5.02 Å². The fourth-order valence-electron chi connectivity index (χ4n) is 6.61. The Morgan fingerprint density at radius 1 is 1.12 bits per heavy atom. The lowest BCUT2D eigenvalue weighted by Crippen LogP contribution is -2.56. The number of ether oxygens (including phenoxy) is 1. The van der Waals surface area contributed by atoms with Gasteiger partial charge in [-0.3, -0.25) is 14.4 Å². The van der Waals surface area contributed by atoms with Gasteiger partial charge in [-0.05, 0) is 67.8 Å². The average molecular weight is 665 g/mol. The average Bonchev–Trinajstić information content (AvgIpc) is 3.55. The van der Waals surface area contributed by atoms with Gasteiger partial charge in [0, 0.05) is 26.5 Å². The van der Waals surface area contributed by atoms with Crippen LogP contribution in [0.25, 0.3) is 0 Å². The third-order valence-corrected chi connectivity index (χ3v) is 12.1. The number of thioether (sulfide) groups is 1. The van der Waals surface area contributed by atoms with Gasteiger partial charge in [-0.1, -0.05) is 47.8 Å². The lowest BCUT2D eigenvalue weighted by atomic mass is 9.70. The summed E-state index contributed by atoms with van der Waals surface area (Å²) in [5, 5.41) is 16.9. The van der Waals surface area contributed by atoms with E-state index in [1.807, 2.05) is 20.8 Å². The molecule has 2 bridgehead atoms. The molecule has 0 saturated carbocycles. The third kappa shape index (κ3) is 5.37. The van der Waals surface area contributed by atoms with Crippen LogP contribution >= 0.6 is 39.3 Å². The second kappa shape index (κ2) is 12.1. The molecule has 3 aliphatic rings. The molecule has 1 spiro atoms. The van der Waals surface area contributed by atoms with E-state index in [-0.39, 0.29) is 40.3 Å². The number of hydrogen-bond acceptors (Lipinski definition) is 6. The smallest absolute Gasteiger partial charge is 0.248 e. The van der Waals surface area contributed by atoms with E-state index in [1.54, 1.807) is 65.2 Å². The van der Waals surface area contributed by atoms with Crippen molar-refractivity contribution in [3.05, 3.63) is 53.6 Å². The highest BCUT2D eigenvalue weighted by Crippen LogP contribution is 2.68. The maximum absolute atomic E-state index is 14.4. The van der Waals surface area contributed by atoms with Crippen molar-refractivity contribution in [1.82, 2.24) is 4.90 Å². The zero-order chi connectivity index (χ0) is 29.5. The van der Waals surface area contributed by atoms with Crippen LogP contribution in [0.1, 0.15) is 33.6 Å². The minimum absolute atomic E-state index is 0.0527. The number of nitrogens with zero attached hydrogens (tertiary/aromatic N) is 1. The molecule has 5 rings (SSSR count). The molecule has 0 radical (unpaired) electrons. The fourth-order valence-corrected chi connectivity index (χ4v) is 10.3. The van der Waals surface area contributed by atoms with E-state index in [4.69, 9.17) is 16.3 Å². The lowest BCUT2D eigenvalue weighted by Gasteiger charge is -2.39. The molecule has 2 aromatic carbocycles. The lowest BCUT2D eigenvalue weighted by molar-refractivity contribution is -0.142. The van der Waals surface area contributed by atoms with Crippen LogP contribution in [0.15, 0.2) is 48.5 Å². The van der Waals surface area contributed by atoms with E-state index in [2.05, 4.69) is 26.6 Å². The van der Waals surface area contributed by atoms with Gasteiger partial charge in [-0.2, -0.15) is 0 Å². The first-order valence-electron chi connectivity index (χ1n) is 14.0. The Morgan fingerprint density at radius 3 is 2.32 bits per heavy atom. The van der Waals surface area contributed by atoms with Crippen molar-refractivity contribution in [2.45, 2.75) is 60.5 Å². The molecule has 3 amide bonds. The summed E-state index contributed by atoms with van der Waals surface area (Å²) in [6.45, 7) is 6.14. The van der Waals surface area contributed by atoms with Crippen LogP contribution in [0, 0.1) is 17.8 Å². The van der Waals surface area contributed by atoms with Crippen molar-refractivity contribution in [2.24, 2.45) is 17.8 Å². The highest BCUT2D eigenvalue weighted by Gasteiger charge is 2.76. The topological polar surface area (TPSA) is 108 Å². The van der Waals surface area contributed by atoms with Crippen LogP contribution in [-0.4, -0.2) is 67.8 Å².